The molecule has 1 saturated heterocycles. The Bertz CT molecular complexity index is 1240. The van der Waals surface area contributed by atoms with E-state index in [0.717, 1.165) is 22.5 Å². The predicted molar refractivity (Wildman–Crippen MR) is 115 cm³/mol. The molecule has 30 heavy (non-hydrogen) atoms. The van der Waals surface area contributed by atoms with E-state index in [4.69, 9.17) is 9.47 Å². The third-order valence-corrected chi connectivity index (χ3v) is 5.24. The van der Waals surface area contributed by atoms with Crippen LogP contribution < -0.4 is 14.8 Å². The van der Waals surface area contributed by atoms with Crippen LogP contribution in [-0.2, 0) is 4.79 Å². The van der Waals surface area contributed by atoms with Crippen LogP contribution in [0.2, 0.25) is 0 Å². The Balaban J connectivity index is 1.71. The topological polar surface area (TPSA) is 88.4 Å². The predicted octanol–water partition coefficient (Wildman–Crippen LogP) is 5.23. The third kappa shape index (κ3) is 3.86. The zero-order chi connectivity index (χ0) is 21.1. The number of rotatable bonds is 5. The normalized spacial score (nSPS) is 14.6. The minimum absolute atomic E-state index is 0.328. The summed E-state index contributed by atoms with van der Waals surface area (Å²) in [4.78, 5) is 23.5. The zero-order valence-electron chi connectivity index (χ0n) is 16.0. The molecular formula is C23H16N2O4S. The number of nitrogens with zero attached hydrogens (tertiary/aromatic N) is 1. The minimum atomic E-state index is -0.410. The highest BCUT2D eigenvalue weighted by Gasteiger charge is 2.25. The number of carbonyl (C=O) groups is 2. The lowest BCUT2D eigenvalue weighted by Crippen LogP contribution is -2.17. The first-order valence-electron chi connectivity index (χ1n) is 9.20. The van der Waals surface area contributed by atoms with Gasteiger partial charge in [0.2, 0.25) is 0 Å². The van der Waals surface area contributed by atoms with Crippen molar-refractivity contribution in [3.8, 4) is 23.3 Å². The number of imide groups is 1. The highest BCUT2D eigenvalue weighted by Crippen LogP contribution is 2.37. The van der Waals surface area contributed by atoms with E-state index in [9.17, 15) is 14.9 Å². The number of hydrogen-bond donors (Lipinski definition) is 1. The summed E-state index contributed by atoms with van der Waals surface area (Å²) in [5.41, 5.74) is 1.29. The maximum absolute atomic E-state index is 11.8. The van der Waals surface area contributed by atoms with Gasteiger partial charge in [0.25, 0.3) is 11.1 Å². The molecule has 0 aromatic heterocycles. The first kappa shape index (κ1) is 19.6. The first-order valence-corrected chi connectivity index (χ1v) is 10.0. The third-order valence-electron chi connectivity index (χ3n) is 4.43. The lowest BCUT2D eigenvalue weighted by Gasteiger charge is -2.14. The molecule has 0 atom stereocenters. The van der Waals surface area contributed by atoms with Gasteiger partial charge in [0, 0.05) is 10.8 Å². The molecule has 148 valence electrons. The number of ether oxygens (including phenoxy) is 2. The summed E-state index contributed by atoms with van der Waals surface area (Å²) < 4.78 is 11.9. The van der Waals surface area contributed by atoms with Crippen molar-refractivity contribution in [1.29, 1.82) is 5.26 Å². The van der Waals surface area contributed by atoms with Gasteiger partial charge in [-0.1, -0.05) is 30.3 Å². The lowest BCUT2D eigenvalue weighted by molar-refractivity contribution is -0.115. The van der Waals surface area contributed by atoms with Gasteiger partial charge in [-0.15, -0.1) is 0 Å². The average molecular weight is 416 g/mol. The molecule has 0 unspecified atom stereocenters. The van der Waals surface area contributed by atoms with Crippen LogP contribution in [0.1, 0.15) is 18.1 Å². The molecule has 7 heteroatoms. The molecule has 1 N–H and O–H groups in total. The molecule has 0 radical (unpaired) electrons. The van der Waals surface area contributed by atoms with E-state index in [0.29, 0.717) is 39.9 Å². The summed E-state index contributed by atoms with van der Waals surface area (Å²) in [6, 6.07) is 18.5. The summed E-state index contributed by atoms with van der Waals surface area (Å²) in [6.07, 6.45) is 1.63. The van der Waals surface area contributed by atoms with Gasteiger partial charge in [-0.3, -0.25) is 14.9 Å². The first-order chi connectivity index (χ1) is 14.6. The fourth-order valence-corrected chi connectivity index (χ4v) is 3.80. The van der Waals surface area contributed by atoms with Crippen LogP contribution in [0.5, 0.6) is 17.2 Å². The highest BCUT2D eigenvalue weighted by molar-refractivity contribution is 8.18. The summed E-state index contributed by atoms with van der Waals surface area (Å²) in [6.45, 7) is 2.29. The highest BCUT2D eigenvalue weighted by atomic mass is 32.2. The van der Waals surface area contributed by atoms with Crippen molar-refractivity contribution in [2.24, 2.45) is 0 Å². The van der Waals surface area contributed by atoms with E-state index in [-0.39, 0.29) is 5.24 Å². The number of thioether (sulfide) groups is 1. The van der Waals surface area contributed by atoms with Crippen LogP contribution in [0.25, 0.3) is 16.8 Å². The Morgan fingerprint density at radius 1 is 1.03 bits per heavy atom. The van der Waals surface area contributed by atoms with Crippen LogP contribution in [-0.4, -0.2) is 17.8 Å². The van der Waals surface area contributed by atoms with Crippen molar-refractivity contribution in [3.05, 3.63) is 70.6 Å². The van der Waals surface area contributed by atoms with Crippen LogP contribution in [0, 0.1) is 11.3 Å². The molecule has 2 amide bonds. The van der Waals surface area contributed by atoms with Crippen molar-refractivity contribution in [3.63, 3.8) is 0 Å². The summed E-state index contributed by atoms with van der Waals surface area (Å²) >= 11 is 0.863. The SMILES string of the molecule is CCOc1cc(/C=C2/SC(=O)NC2=O)ccc1Oc1ccc(C#N)c2ccccc12. The van der Waals surface area contributed by atoms with E-state index in [1.807, 2.05) is 31.2 Å². The second-order valence-electron chi connectivity index (χ2n) is 6.36. The molecule has 0 aliphatic carbocycles. The molecule has 1 heterocycles. The van der Waals surface area contributed by atoms with E-state index in [2.05, 4.69) is 11.4 Å². The van der Waals surface area contributed by atoms with Crippen molar-refractivity contribution in [2.45, 2.75) is 6.92 Å². The van der Waals surface area contributed by atoms with Crippen LogP contribution >= 0.6 is 11.8 Å². The van der Waals surface area contributed by atoms with Crippen molar-refractivity contribution >= 4 is 39.8 Å². The maximum Gasteiger partial charge on any atom is 0.290 e. The van der Waals surface area contributed by atoms with Gasteiger partial charge >= 0.3 is 0 Å². The lowest BCUT2D eigenvalue weighted by atomic mass is 10.0. The van der Waals surface area contributed by atoms with Gasteiger partial charge < -0.3 is 9.47 Å². The molecule has 1 fully saturated rings. The Kier molecular flexibility index (Phi) is 5.42. The zero-order valence-corrected chi connectivity index (χ0v) is 16.8. The van der Waals surface area contributed by atoms with Crippen molar-refractivity contribution < 1.29 is 19.1 Å². The van der Waals surface area contributed by atoms with Gasteiger partial charge in [-0.2, -0.15) is 5.26 Å². The van der Waals surface area contributed by atoms with Crippen LogP contribution in [0.3, 0.4) is 0 Å². The molecule has 4 rings (SSSR count). The Labute approximate surface area is 177 Å². The van der Waals surface area contributed by atoms with Gasteiger partial charge in [0.05, 0.1) is 23.1 Å². The number of carbonyl (C=O) groups excluding carboxylic acids is 2. The number of nitrogens with one attached hydrogen (secondary N) is 1. The van der Waals surface area contributed by atoms with Gasteiger partial charge in [-0.25, -0.2) is 0 Å². The van der Waals surface area contributed by atoms with Crippen LogP contribution in [0.15, 0.2) is 59.5 Å². The molecule has 1 aliphatic heterocycles. The maximum atomic E-state index is 11.8. The van der Waals surface area contributed by atoms with Gasteiger partial charge in [-0.05, 0) is 54.6 Å². The smallest absolute Gasteiger partial charge is 0.290 e. The standard InChI is InChI=1S/C23H16N2O4S/c1-2-28-20-11-14(12-21-22(26)25-23(27)30-21)7-9-19(20)29-18-10-8-15(13-24)16-5-3-4-6-17(16)18/h3-12H,2H2,1H3,(H,25,26,27)/b21-12+. The number of benzene rings is 3. The van der Waals surface area contributed by atoms with Crippen molar-refractivity contribution in [2.75, 3.05) is 6.61 Å². The molecule has 3 aromatic rings. The van der Waals surface area contributed by atoms with Gasteiger partial charge in [0.1, 0.15) is 5.75 Å². The molecule has 0 bridgehead atoms. The fourth-order valence-electron chi connectivity index (χ4n) is 3.12. The monoisotopic (exact) mass is 416 g/mol. The Morgan fingerprint density at radius 3 is 2.50 bits per heavy atom. The van der Waals surface area contributed by atoms with Gasteiger partial charge in [0.15, 0.2) is 11.5 Å². The van der Waals surface area contributed by atoms with E-state index >= 15 is 0 Å². The number of amides is 2. The second-order valence-corrected chi connectivity index (χ2v) is 7.38. The van der Waals surface area contributed by atoms with Crippen LogP contribution in [0.4, 0.5) is 4.79 Å². The number of fused-ring (bicyclic) bond motifs is 1. The molecule has 0 spiro atoms. The van der Waals surface area contributed by atoms with E-state index in [1.165, 1.54) is 0 Å². The Hall–Kier alpha value is -3.76. The quantitative estimate of drug-likeness (QED) is 0.573. The Morgan fingerprint density at radius 2 is 1.80 bits per heavy atom. The summed E-state index contributed by atoms with van der Waals surface area (Å²) in [5.74, 6) is 1.21. The molecular weight excluding hydrogens is 400 g/mol. The molecule has 0 saturated carbocycles. The molecule has 3 aromatic carbocycles. The van der Waals surface area contributed by atoms with E-state index in [1.54, 1.807) is 36.4 Å². The van der Waals surface area contributed by atoms with Crippen molar-refractivity contribution in [1.82, 2.24) is 5.32 Å². The van der Waals surface area contributed by atoms with E-state index < -0.39 is 5.91 Å². The number of hydrogen-bond acceptors (Lipinski definition) is 6. The minimum Gasteiger partial charge on any atom is -0.490 e. The fraction of sp³-hybridized carbons (Fsp3) is 0.0870. The number of nitriles is 1. The molecule has 6 nitrogen and oxygen atoms in total. The second kappa shape index (κ2) is 8.31. The summed E-state index contributed by atoms with van der Waals surface area (Å²) in [7, 11) is 0. The average Bonchev–Trinajstić information content (AvgIpc) is 3.06. The largest absolute Gasteiger partial charge is 0.490 e. The summed E-state index contributed by atoms with van der Waals surface area (Å²) in [5, 5.41) is 12.8. The molecule has 1 aliphatic rings.